The molecule has 3 nitrogen and oxygen atoms in total. The predicted molar refractivity (Wildman–Crippen MR) is 54.2 cm³/mol. The maximum absolute atomic E-state index is 5.31. The Bertz CT molecular complexity index is 428. The van der Waals surface area contributed by atoms with Crippen molar-refractivity contribution in [2.24, 2.45) is 0 Å². The van der Waals surface area contributed by atoms with Crippen LogP contribution in [-0.4, -0.2) is 18.9 Å². The number of methoxy groups -OCH3 is 1. The summed E-state index contributed by atoms with van der Waals surface area (Å²) in [4.78, 5) is 4.22. The third kappa shape index (κ3) is 1.83. The molecule has 14 heavy (non-hydrogen) atoms. The van der Waals surface area contributed by atoms with Crippen molar-refractivity contribution in [2.45, 2.75) is 0 Å². The Morgan fingerprint density at radius 2 is 2.21 bits per heavy atom. The fraction of sp³-hybridized carbons (Fsp3) is 0.182. The third-order valence-electron chi connectivity index (χ3n) is 1.92. The highest BCUT2D eigenvalue weighted by Gasteiger charge is 1.96. The molecule has 2 aromatic rings. The maximum atomic E-state index is 5.31. The van der Waals surface area contributed by atoms with Crippen molar-refractivity contribution < 1.29 is 9.47 Å². The van der Waals surface area contributed by atoms with E-state index in [2.05, 4.69) is 4.98 Å². The number of nitrogens with zero attached hydrogens (tertiary/aromatic N) is 1. The minimum absolute atomic E-state index is 0.270. The van der Waals surface area contributed by atoms with Gasteiger partial charge in [0.15, 0.2) is 6.79 Å². The van der Waals surface area contributed by atoms with Crippen LogP contribution in [-0.2, 0) is 4.74 Å². The first-order chi connectivity index (χ1) is 6.90. The zero-order chi connectivity index (χ0) is 9.80. The molecule has 0 radical (unpaired) electrons. The summed E-state index contributed by atoms with van der Waals surface area (Å²) in [6, 6.07) is 9.67. The lowest BCUT2D eigenvalue weighted by Crippen LogP contribution is -1.98. The fourth-order valence-electron chi connectivity index (χ4n) is 1.27. The van der Waals surface area contributed by atoms with Gasteiger partial charge in [0.1, 0.15) is 5.75 Å². The van der Waals surface area contributed by atoms with Crippen LogP contribution >= 0.6 is 0 Å². The largest absolute Gasteiger partial charge is 0.468 e. The van der Waals surface area contributed by atoms with Crippen molar-refractivity contribution in [3.05, 3.63) is 36.5 Å². The molecule has 72 valence electrons. The molecule has 0 amide bonds. The lowest BCUT2D eigenvalue weighted by atomic mass is 10.2. The van der Waals surface area contributed by atoms with E-state index in [4.69, 9.17) is 9.47 Å². The molecule has 3 heteroatoms. The molecule has 1 aromatic heterocycles. The maximum Gasteiger partial charge on any atom is 0.188 e. The molecule has 1 heterocycles. The molecule has 1 aromatic carbocycles. The van der Waals surface area contributed by atoms with Crippen molar-refractivity contribution in [1.82, 2.24) is 4.98 Å². The van der Waals surface area contributed by atoms with Gasteiger partial charge < -0.3 is 9.47 Å². The standard InChI is InChI=1S/C11H11NO2/c1-13-8-14-10-4-5-11-9(7-10)3-2-6-12-11/h2-7H,8H2,1H3. The molecule has 2 rings (SSSR count). The average molecular weight is 189 g/mol. The zero-order valence-electron chi connectivity index (χ0n) is 7.93. The van der Waals surface area contributed by atoms with Gasteiger partial charge in [-0.25, -0.2) is 0 Å². The quantitative estimate of drug-likeness (QED) is 0.694. The Balaban J connectivity index is 2.32. The summed E-state index contributed by atoms with van der Waals surface area (Å²) in [6.07, 6.45) is 1.78. The second-order valence-corrected chi connectivity index (χ2v) is 2.91. The lowest BCUT2D eigenvalue weighted by Gasteiger charge is -2.04. The van der Waals surface area contributed by atoms with Crippen molar-refractivity contribution in [1.29, 1.82) is 0 Å². The molecule has 0 unspecified atom stereocenters. The van der Waals surface area contributed by atoms with Gasteiger partial charge in [-0.2, -0.15) is 0 Å². The summed E-state index contributed by atoms with van der Waals surface area (Å²) in [5, 5.41) is 1.07. The van der Waals surface area contributed by atoms with E-state index in [-0.39, 0.29) is 6.79 Å². The van der Waals surface area contributed by atoms with E-state index in [0.717, 1.165) is 16.7 Å². The van der Waals surface area contributed by atoms with Gasteiger partial charge >= 0.3 is 0 Å². The van der Waals surface area contributed by atoms with Gasteiger partial charge in [0.25, 0.3) is 0 Å². The van der Waals surface area contributed by atoms with Crippen molar-refractivity contribution in [2.75, 3.05) is 13.9 Å². The van der Waals surface area contributed by atoms with E-state index in [0.29, 0.717) is 0 Å². The van der Waals surface area contributed by atoms with Crippen LogP contribution in [0.1, 0.15) is 0 Å². The molecule has 0 bridgehead atoms. The summed E-state index contributed by atoms with van der Waals surface area (Å²) in [5.74, 6) is 0.798. The topological polar surface area (TPSA) is 31.4 Å². The monoisotopic (exact) mass is 189 g/mol. The molecule has 0 atom stereocenters. The van der Waals surface area contributed by atoms with Gasteiger partial charge in [-0.1, -0.05) is 6.07 Å². The molecule has 0 saturated heterocycles. The van der Waals surface area contributed by atoms with Gasteiger partial charge in [0, 0.05) is 18.7 Å². The average Bonchev–Trinajstić information content (AvgIpc) is 2.26. The first-order valence-electron chi connectivity index (χ1n) is 4.36. The Morgan fingerprint density at radius 1 is 1.29 bits per heavy atom. The van der Waals surface area contributed by atoms with Crippen molar-refractivity contribution in [3.63, 3.8) is 0 Å². The van der Waals surface area contributed by atoms with Crippen molar-refractivity contribution >= 4 is 10.9 Å². The van der Waals surface area contributed by atoms with E-state index in [1.807, 2.05) is 30.3 Å². The highest BCUT2D eigenvalue weighted by atomic mass is 16.7. The highest BCUT2D eigenvalue weighted by molar-refractivity contribution is 5.79. The number of ether oxygens (including phenoxy) is 2. The van der Waals surface area contributed by atoms with Crippen LogP contribution in [0.4, 0.5) is 0 Å². The number of rotatable bonds is 3. The van der Waals surface area contributed by atoms with Crippen LogP contribution in [0.15, 0.2) is 36.5 Å². The molecular weight excluding hydrogens is 178 g/mol. The number of aromatic nitrogens is 1. The Morgan fingerprint density at radius 3 is 3.07 bits per heavy atom. The van der Waals surface area contributed by atoms with E-state index >= 15 is 0 Å². The van der Waals surface area contributed by atoms with Crippen LogP contribution in [0.3, 0.4) is 0 Å². The normalized spacial score (nSPS) is 10.4. The fourth-order valence-corrected chi connectivity index (χ4v) is 1.27. The summed E-state index contributed by atoms with van der Waals surface area (Å²) in [5.41, 5.74) is 0.970. The van der Waals surface area contributed by atoms with Gasteiger partial charge in [0.05, 0.1) is 5.52 Å². The second kappa shape index (κ2) is 4.07. The number of benzene rings is 1. The Hall–Kier alpha value is -1.61. The highest BCUT2D eigenvalue weighted by Crippen LogP contribution is 2.18. The molecule has 0 spiro atoms. The summed E-state index contributed by atoms with van der Waals surface area (Å²) in [6.45, 7) is 0.270. The van der Waals surface area contributed by atoms with E-state index in [1.165, 1.54) is 0 Å². The van der Waals surface area contributed by atoms with E-state index in [1.54, 1.807) is 13.3 Å². The van der Waals surface area contributed by atoms with Gasteiger partial charge in [-0.15, -0.1) is 0 Å². The number of pyridine rings is 1. The zero-order valence-corrected chi connectivity index (χ0v) is 7.93. The molecule has 0 aliphatic carbocycles. The third-order valence-corrected chi connectivity index (χ3v) is 1.92. The molecule has 0 aliphatic rings. The van der Waals surface area contributed by atoms with Crippen LogP contribution in [0.25, 0.3) is 10.9 Å². The molecule has 0 fully saturated rings. The Kier molecular flexibility index (Phi) is 2.60. The minimum atomic E-state index is 0.270. The predicted octanol–water partition coefficient (Wildman–Crippen LogP) is 2.22. The number of hydrogen-bond donors (Lipinski definition) is 0. The first kappa shape index (κ1) is 8.97. The summed E-state index contributed by atoms with van der Waals surface area (Å²) in [7, 11) is 1.60. The Labute approximate surface area is 82.3 Å². The SMILES string of the molecule is COCOc1ccc2ncccc2c1. The summed E-state index contributed by atoms with van der Waals surface area (Å²) < 4.78 is 10.1. The first-order valence-corrected chi connectivity index (χ1v) is 4.36. The van der Waals surface area contributed by atoms with Crippen LogP contribution in [0, 0.1) is 0 Å². The van der Waals surface area contributed by atoms with Gasteiger partial charge in [-0.05, 0) is 24.3 Å². The molecular formula is C11H11NO2. The number of fused-ring (bicyclic) bond motifs is 1. The smallest absolute Gasteiger partial charge is 0.188 e. The van der Waals surface area contributed by atoms with Gasteiger partial charge in [0.2, 0.25) is 0 Å². The van der Waals surface area contributed by atoms with Gasteiger partial charge in [-0.3, -0.25) is 4.98 Å². The second-order valence-electron chi connectivity index (χ2n) is 2.91. The van der Waals surface area contributed by atoms with Crippen LogP contribution in [0.5, 0.6) is 5.75 Å². The van der Waals surface area contributed by atoms with E-state index in [9.17, 15) is 0 Å². The molecule has 0 saturated carbocycles. The van der Waals surface area contributed by atoms with E-state index < -0.39 is 0 Å². The van der Waals surface area contributed by atoms with Crippen LogP contribution < -0.4 is 4.74 Å². The summed E-state index contributed by atoms with van der Waals surface area (Å²) >= 11 is 0. The van der Waals surface area contributed by atoms with Crippen LogP contribution in [0.2, 0.25) is 0 Å². The lowest BCUT2D eigenvalue weighted by molar-refractivity contribution is 0.0512. The van der Waals surface area contributed by atoms with Crippen molar-refractivity contribution in [3.8, 4) is 5.75 Å². The molecule has 0 N–H and O–H groups in total. The molecule has 0 aliphatic heterocycles. The number of hydrogen-bond acceptors (Lipinski definition) is 3. The minimum Gasteiger partial charge on any atom is -0.468 e.